The summed E-state index contributed by atoms with van der Waals surface area (Å²) in [4.78, 5) is 4.56. The van der Waals surface area contributed by atoms with Crippen molar-refractivity contribution in [1.29, 1.82) is 0 Å². The molecule has 1 N–H and O–H groups in total. The van der Waals surface area contributed by atoms with E-state index in [0.717, 1.165) is 49.9 Å². The van der Waals surface area contributed by atoms with Crippen LogP contribution in [0.25, 0.3) is 0 Å². The van der Waals surface area contributed by atoms with E-state index in [2.05, 4.69) is 28.1 Å². The summed E-state index contributed by atoms with van der Waals surface area (Å²) < 4.78 is 23.8. The number of nitrogens with one attached hydrogen (secondary N) is 1. The minimum atomic E-state index is -0.254. The summed E-state index contributed by atoms with van der Waals surface area (Å²) in [6, 6.07) is 10.3. The van der Waals surface area contributed by atoms with E-state index in [4.69, 9.17) is 21.7 Å². The zero-order chi connectivity index (χ0) is 20.1. The van der Waals surface area contributed by atoms with Gasteiger partial charge in [0.1, 0.15) is 5.82 Å². The Morgan fingerprint density at radius 2 is 1.64 bits per heavy atom. The van der Waals surface area contributed by atoms with Gasteiger partial charge in [-0.25, -0.2) is 4.39 Å². The Morgan fingerprint density at radius 3 is 2.25 bits per heavy atom. The quantitative estimate of drug-likeness (QED) is 0.768. The number of anilines is 1. The van der Waals surface area contributed by atoms with E-state index in [-0.39, 0.29) is 5.82 Å². The molecule has 0 aromatic heterocycles. The van der Waals surface area contributed by atoms with Crippen LogP contribution in [0.1, 0.15) is 11.1 Å². The van der Waals surface area contributed by atoms with E-state index >= 15 is 0 Å². The molecule has 1 aliphatic rings. The first kappa shape index (κ1) is 20.4. The van der Waals surface area contributed by atoms with E-state index in [1.807, 2.05) is 6.07 Å². The first-order valence-corrected chi connectivity index (χ1v) is 9.66. The number of rotatable bonds is 5. The topological polar surface area (TPSA) is 37.0 Å². The number of nitrogens with zero attached hydrogens (tertiary/aromatic N) is 2. The van der Waals surface area contributed by atoms with Crippen molar-refractivity contribution in [2.45, 2.75) is 13.5 Å². The molecule has 1 fully saturated rings. The second-order valence-corrected chi connectivity index (χ2v) is 7.22. The molecule has 28 heavy (non-hydrogen) atoms. The van der Waals surface area contributed by atoms with E-state index in [0.29, 0.717) is 5.11 Å². The molecule has 2 aromatic carbocycles. The van der Waals surface area contributed by atoms with Gasteiger partial charge in [-0.3, -0.25) is 4.90 Å². The molecule has 0 bridgehead atoms. The number of benzene rings is 2. The normalized spacial score (nSPS) is 14.6. The van der Waals surface area contributed by atoms with Gasteiger partial charge in [0, 0.05) is 38.4 Å². The maximum absolute atomic E-state index is 13.0. The van der Waals surface area contributed by atoms with Crippen LogP contribution in [-0.2, 0) is 6.54 Å². The molecule has 0 unspecified atom stereocenters. The van der Waals surface area contributed by atoms with Gasteiger partial charge in [-0.15, -0.1) is 0 Å². The predicted octanol–water partition coefficient (Wildman–Crippen LogP) is 3.67. The van der Waals surface area contributed by atoms with Crippen LogP contribution >= 0.6 is 12.2 Å². The third kappa shape index (κ3) is 4.91. The van der Waals surface area contributed by atoms with Crippen LogP contribution in [0.4, 0.5) is 10.1 Å². The summed E-state index contributed by atoms with van der Waals surface area (Å²) in [6.07, 6.45) is 0. The Morgan fingerprint density at radius 1 is 1.04 bits per heavy atom. The zero-order valence-electron chi connectivity index (χ0n) is 16.5. The molecule has 1 saturated heterocycles. The van der Waals surface area contributed by atoms with Crippen LogP contribution in [-0.4, -0.2) is 55.3 Å². The monoisotopic (exact) mass is 403 g/mol. The molecule has 3 rings (SSSR count). The predicted molar refractivity (Wildman–Crippen MR) is 114 cm³/mol. The average Bonchev–Trinajstić information content (AvgIpc) is 2.71. The third-order valence-electron chi connectivity index (χ3n) is 4.99. The van der Waals surface area contributed by atoms with Crippen molar-refractivity contribution >= 4 is 23.0 Å². The van der Waals surface area contributed by atoms with Crippen molar-refractivity contribution in [1.82, 2.24) is 9.80 Å². The fourth-order valence-electron chi connectivity index (χ4n) is 3.28. The lowest BCUT2D eigenvalue weighted by atomic mass is 10.1. The number of aryl methyl sites for hydroxylation is 1. The van der Waals surface area contributed by atoms with Crippen LogP contribution < -0.4 is 14.8 Å². The first-order valence-electron chi connectivity index (χ1n) is 9.25. The van der Waals surface area contributed by atoms with Crippen molar-refractivity contribution in [2.75, 3.05) is 45.7 Å². The Balaban J connectivity index is 1.55. The second-order valence-electron chi connectivity index (χ2n) is 6.83. The number of halogens is 1. The highest BCUT2D eigenvalue weighted by molar-refractivity contribution is 7.80. The lowest BCUT2D eigenvalue weighted by molar-refractivity contribution is 0.176. The molecule has 150 valence electrons. The van der Waals surface area contributed by atoms with Crippen LogP contribution in [0, 0.1) is 12.7 Å². The summed E-state index contributed by atoms with van der Waals surface area (Å²) >= 11 is 5.51. The van der Waals surface area contributed by atoms with E-state index in [9.17, 15) is 4.39 Å². The van der Waals surface area contributed by atoms with Crippen molar-refractivity contribution in [3.05, 3.63) is 53.3 Å². The Hall–Kier alpha value is -2.38. The minimum absolute atomic E-state index is 0.254. The molecule has 0 spiro atoms. The number of hydrogen-bond acceptors (Lipinski definition) is 4. The zero-order valence-corrected chi connectivity index (χ0v) is 17.3. The van der Waals surface area contributed by atoms with Gasteiger partial charge in [0.05, 0.1) is 14.2 Å². The van der Waals surface area contributed by atoms with Gasteiger partial charge in [-0.1, -0.05) is 0 Å². The lowest BCUT2D eigenvalue weighted by Crippen LogP contribution is -2.49. The van der Waals surface area contributed by atoms with Crippen molar-refractivity contribution in [3.63, 3.8) is 0 Å². The average molecular weight is 404 g/mol. The molecule has 5 nitrogen and oxygen atoms in total. The molecule has 0 radical (unpaired) electrons. The molecule has 0 amide bonds. The first-order chi connectivity index (χ1) is 13.5. The maximum atomic E-state index is 13.0. The summed E-state index contributed by atoms with van der Waals surface area (Å²) in [5.41, 5.74) is 3.22. The van der Waals surface area contributed by atoms with Gasteiger partial charge in [-0.2, -0.15) is 0 Å². The van der Waals surface area contributed by atoms with Gasteiger partial charge < -0.3 is 19.7 Å². The fraction of sp³-hybridized carbons (Fsp3) is 0.381. The summed E-state index contributed by atoms with van der Waals surface area (Å²) in [6.45, 7) is 6.48. The van der Waals surface area contributed by atoms with Crippen molar-refractivity contribution < 1.29 is 13.9 Å². The Labute approximate surface area is 171 Å². The van der Waals surface area contributed by atoms with Crippen molar-refractivity contribution in [3.8, 4) is 11.5 Å². The minimum Gasteiger partial charge on any atom is -0.493 e. The molecular formula is C21H26FN3O2S. The van der Waals surface area contributed by atoms with Gasteiger partial charge in [0.15, 0.2) is 16.6 Å². The number of methoxy groups -OCH3 is 2. The number of ether oxygens (including phenoxy) is 2. The lowest BCUT2D eigenvalue weighted by Gasteiger charge is -2.36. The molecule has 0 atom stereocenters. The molecule has 1 aliphatic heterocycles. The summed E-state index contributed by atoms with van der Waals surface area (Å²) in [7, 11) is 3.31. The summed E-state index contributed by atoms with van der Waals surface area (Å²) in [5.74, 6) is 1.26. The van der Waals surface area contributed by atoms with Gasteiger partial charge in [0.2, 0.25) is 0 Å². The van der Waals surface area contributed by atoms with E-state index in [1.54, 1.807) is 26.4 Å². The van der Waals surface area contributed by atoms with Crippen LogP contribution in [0.2, 0.25) is 0 Å². The highest BCUT2D eigenvalue weighted by Gasteiger charge is 2.20. The molecule has 0 aliphatic carbocycles. The second kappa shape index (κ2) is 9.21. The highest BCUT2D eigenvalue weighted by Crippen LogP contribution is 2.31. The molecule has 0 saturated carbocycles. The van der Waals surface area contributed by atoms with Gasteiger partial charge in [0.25, 0.3) is 0 Å². The Kier molecular flexibility index (Phi) is 6.70. The van der Waals surface area contributed by atoms with Crippen LogP contribution in [0.15, 0.2) is 36.4 Å². The van der Waals surface area contributed by atoms with E-state index in [1.165, 1.54) is 23.3 Å². The molecule has 2 aromatic rings. The Bertz CT molecular complexity index is 821. The molecule has 1 heterocycles. The third-order valence-corrected chi connectivity index (χ3v) is 5.35. The summed E-state index contributed by atoms with van der Waals surface area (Å²) in [5, 5.41) is 3.86. The largest absolute Gasteiger partial charge is 0.493 e. The molecule has 7 heteroatoms. The number of piperazine rings is 1. The SMILES string of the molecule is COc1cc(C)c(CN2CCN(C(=S)Nc3ccc(F)cc3)CC2)cc1OC. The number of thiocarbonyl (C=S) groups is 1. The van der Waals surface area contributed by atoms with Gasteiger partial charge in [-0.05, 0) is 66.7 Å². The maximum Gasteiger partial charge on any atom is 0.173 e. The van der Waals surface area contributed by atoms with E-state index < -0.39 is 0 Å². The standard InChI is InChI=1S/C21H26FN3O2S/c1-15-12-19(26-2)20(27-3)13-16(15)14-24-8-10-25(11-9-24)21(28)23-18-6-4-17(22)5-7-18/h4-7,12-13H,8-11,14H2,1-3H3,(H,23,28). The van der Waals surface area contributed by atoms with Crippen LogP contribution in [0.5, 0.6) is 11.5 Å². The number of hydrogen-bond donors (Lipinski definition) is 1. The fourth-order valence-corrected chi connectivity index (χ4v) is 3.58. The van der Waals surface area contributed by atoms with Crippen LogP contribution in [0.3, 0.4) is 0 Å². The van der Waals surface area contributed by atoms with Gasteiger partial charge >= 0.3 is 0 Å². The molecular weight excluding hydrogens is 377 g/mol. The smallest absolute Gasteiger partial charge is 0.173 e. The van der Waals surface area contributed by atoms with Crippen molar-refractivity contribution in [2.24, 2.45) is 0 Å². The highest BCUT2D eigenvalue weighted by atomic mass is 32.1.